The quantitative estimate of drug-likeness (QED) is 0.735. The predicted molar refractivity (Wildman–Crippen MR) is 57.1 cm³/mol. The van der Waals surface area contributed by atoms with Crippen molar-refractivity contribution in [3.8, 4) is 0 Å². The summed E-state index contributed by atoms with van der Waals surface area (Å²) in [5, 5.41) is 6.00. The molecule has 1 aromatic heterocycles. The fraction of sp³-hybridized carbons (Fsp3) is 0.250. The van der Waals surface area contributed by atoms with Gasteiger partial charge in [-0.1, -0.05) is 18.2 Å². The molecule has 2 heteroatoms. The van der Waals surface area contributed by atoms with Gasteiger partial charge in [-0.3, -0.25) is 4.98 Å². The summed E-state index contributed by atoms with van der Waals surface area (Å²) in [7, 11) is 0. The van der Waals surface area contributed by atoms with Crippen LogP contribution in [0.2, 0.25) is 0 Å². The molecule has 1 atom stereocenters. The number of benzene rings is 1. The van der Waals surface area contributed by atoms with Crippen LogP contribution in [0.1, 0.15) is 18.0 Å². The zero-order chi connectivity index (χ0) is 9.38. The summed E-state index contributed by atoms with van der Waals surface area (Å²) < 4.78 is 0. The number of aromatic nitrogens is 1. The first-order chi connectivity index (χ1) is 6.95. The van der Waals surface area contributed by atoms with Gasteiger partial charge in [0.15, 0.2) is 0 Å². The molecule has 14 heavy (non-hydrogen) atoms. The third-order valence-electron chi connectivity index (χ3n) is 2.91. The number of fused-ring (bicyclic) bond motifs is 1. The van der Waals surface area contributed by atoms with Crippen molar-refractivity contribution >= 4 is 10.8 Å². The zero-order valence-electron chi connectivity index (χ0n) is 7.90. The van der Waals surface area contributed by atoms with Crippen molar-refractivity contribution in [3.05, 3.63) is 42.2 Å². The highest BCUT2D eigenvalue weighted by Gasteiger charge is 2.19. The molecule has 1 fully saturated rings. The van der Waals surface area contributed by atoms with Crippen molar-refractivity contribution in [2.75, 3.05) is 6.54 Å². The molecule has 1 aliphatic heterocycles. The van der Waals surface area contributed by atoms with Crippen molar-refractivity contribution in [1.82, 2.24) is 10.3 Å². The lowest BCUT2D eigenvalue weighted by Crippen LogP contribution is -2.34. The first kappa shape index (κ1) is 7.94. The minimum absolute atomic E-state index is 0.557. The molecule has 0 spiro atoms. The van der Waals surface area contributed by atoms with Gasteiger partial charge < -0.3 is 5.32 Å². The normalized spacial score (nSPS) is 20.7. The molecule has 3 rings (SSSR count). The molecule has 0 radical (unpaired) electrons. The standard InChI is InChI=1S/C12H12N2/c1-2-9-8-13-6-4-10(9)11(3-1)12-5-7-14-12/h1-4,6,8,12,14H,5,7H2/t12-/m0/s1. The lowest BCUT2D eigenvalue weighted by Gasteiger charge is -2.29. The zero-order valence-corrected chi connectivity index (χ0v) is 7.90. The van der Waals surface area contributed by atoms with Crippen LogP contribution in [0, 0.1) is 0 Å². The van der Waals surface area contributed by atoms with Crippen molar-refractivity contribution in [2.45, 2.75) is 12.5 Å². The van der Waals surface area contributed by atoms with Crippen LogP contribution in [0.15, 0.2) is 36.7 Å². The Morgan fingerprint density at radius 1 is 1.29 bits per heavy atom. The maximum absolute atomic E-state index is 4.14. The van der Waals surface area contributed by atoms with Gasteiger partial charge in [0, 0.05) is 23.8 Å². The average Bonchev–Trinajstić information content (AvgIpc) is 2.16. The van der Waals surface area contributed by atoms with E-state index in [-0.39, 0.29) is 0 Å². The molecule has 2 heterocycles. The summed E-state index contributed by atoms with van der Waals surface area (Å²) in [6.45, 7) is 1.14. The second-order valence-corrected chi connectivity index (χ2v) is 3.74. The second kappa shape index (κ2) is 3.07. The number of nitrogens with zero attached hydrogens (tertiary/aromatic N) is 1. The van der Waals surface area contributed by atoms with Crippen molar-refractivity contribution in [3.63, 3.8) is 0 Å². The largest absolute Gasteiger partial charge is 0.310 e. The van der Waals surface area contributed by atoms with E-state index >= 15 is 0 Å². The van der Waals surface area contributed by atoms with E-state index < -0.39 is 0 Å². The Morgan fingerprint density at radius 2 is 2.21 bits per heavy atom. The Hall–Kier alpha value is -1.41. The maximum atomic E-state index is 4.14. The summed E-state index contributed by atoms with van der Waals surface area (Å²) in [5.41, 5.74) is 1.41. The molecule has 0 amide bonds. The molecule has 1 saturated heterocycles. The number of nitrogens with one attached hydrogen (secondary N) is 1. The highest BCUT2D eigenvalue weighted by Crippen LogP contribution is 2.28. The smallest absolute Gasteiger partial charge is 0.0346 e. The fourth-order valence-corrected chi connectivity index (χ4v) is 2.01. The summed E-state index contributed by atoms with van der Waals surface area (Å²) in [6.07, 6.45) is 5.05. The molecule has 1 N–H and O–H groups in total. The first-order valence-corrected chi connectivity index (χ1v) is 5.01. The van der Waals surface area contributed by atoms with Gasteiger partial charge in [0.25, 0.3) is 0 Å². The molecule has 0 bridgehead atoms. The number of hydrogen-bond donors (Lipinski definition) is 1. The SMILES string of the molecule is c1cc([C@@H]2CCN2)c2ccncc2c1. The summed E-state index contributed by atoms with van der Waals surface area (Å²) in [4.78, 5) is 4.14. The van der Waals surface area contributed by atoms with Crippen LogP contribution in [0.3, 0.4) is 0 Å². The van der Waals surface area contributed by atoms with E-state index in [0.29, 0.717) is 6.04 Å². The molecular formula is C12H12N2. The van der Waals surface area contributed by atoms with Gasteiger partial charge in [-0.15, -0.1) is 0 Å². The van der Waals surface area contributed by atoms with Crippen LogP contribution in [0.5, 0.6) is 0 Å². The predicted octanol–water partition coefficient (Wildman–Crippen LogP) is 2.27. The second-order valence-electron chi connectivity index (χ2n) is 3.74. The molecule has 1 aliphatic rings. The van der Waals surface area contributed by atoms with Crippen LogP contribution in [0.4, 0.5) is 0 Å². The van der Waals surface area contributed by atoms with Crippen LogP contribution < -0.4 is 5.32 Å². The summed E-state index contributed by atoms with van der Waals surface area (Å²) >= 11 is 0. The van der Waals surface area contributed by atoms with E-state index in [1.807, 2.05) is 12.4 Å². The van der Waals surface area contributed by atoms with Crippen LogP contribution in [-0.2, 0) is 0 Å². The lowest BCUT2D eigenvalue weighted by atomic mass is 9.94. The average molecular weight is 184 g/mol. The van der Waals surface area contributed by atoms with Gasteiger partial charge >= 0.3 is 0 Å². The van der Waals surface area contributed by atoms with E-state index in [2.05, 4.69) is 34.6 Å². The Morgan fingerprint density at radius 3 is 3.00 bits per heavy atom. The van der Waals surface area contributed by atoms with Crippen molar-refractivity contribution in [2.24, 2.45) is 0 Å². The fourth-order valence-electron chi connectivity index (χ4n) is 2.01. The monoisotopic (exact) mass is 184 g/mol. The van der Waals surface area contributed by atoms with E-state index in [1.165, 1.54) is 22.8 Å². The van der Waals surface area contributed by atoms with Crippen molar-refractivity contribution in [1.29, 1.82) is 0 Å². The molecule has 2 nitrogen and oxygen atoms in total. The van der Waals surface area contributed by atoms with Crippen LogP contribution >= 0.6 is 0 Å². The minimum Gasteiger partial charge on any atom is -0.310 e. The lowest BCUT2D eigenvalue weighted by molar-refractivity contribution is 0.385. The van der Waals surface area contributed by atoms with Crippen molar-refractivity contribution < 1.29 is 0 Å². The Kier molecular flexibility index (Phi) is 1.74. The van der Waals surface area contributed by atoms with Crippen LogP contribution in [-0.4, -0.2) is 11.5 Å². The molecule has 70 valence electrons. The first-order valence-electron chi connectivity index (χ1n) is 5.01. The Labute approximate surface area is 83.0 Å². The third kappa shape index (κ3) is 1.11. The maximum Gasteiger partial charge on any atom is 0.0346 e. The topological polar surface area (TPSA) is 24.9 Å². The van der Waals surface area contributed by atoms with E-state index in [4.69, 9.17) is 0 Å². The van der Waals surface area contributed by atoms with Gasteiger partial charge in [-0.25, -0.2) is 0 Å². The van der Waals surface area contributed by atoms with Gasteiger partial charge in [-0.05, 0) is 30.0 Å². The Balaban J connectivity index is 2.22. The molecule has 2 aromatic rings. The van der Waals surface area contributed by atoms with Gasteiger partial charge in [0.05, 0.1) is 0 Å². The molecular weight excluding hydrogens is 172 g/mol. The Bertz CT molecular complexity index is 455. The van der Waals surface area contributed by atoms with E-state index in [1.54, 1.807) is 0 Å². The van der Waals surface area contributed by atoms with E-state index in [0.717, 1.165) is 6.54 Å². The highest BCUT2D eigenvalue weighted by molar-refractivity contribution is 5.85. The minimum atomic E-state index is 0.557. The third-order valence-corrected chi connectivity index (χ3v) is 2.91. The summed E-state index contributed by atoms with van der Waals surface area (Å²) in [6, 6.07) is 9.09. The molecule has 0 unspecified atom stereocenters. The molecule has 0 saturated carbocycles. The molecule has 1 aromatic carbocycles. The van der Waals surface area contributed by atoms with Gasteiger partial charge in [0.1, 0.15) is 0 Å². The van der Waals surface area contributed by atoms with Gasteiger partial charge in [0.2, 0.25) is 0 Å². The van der Waals surface area contributed by atoms with Gasteiger partial charge in [-0.2, -0.15) is 0 Å². The number of pyridine rings is 1. The van der Waals surface area contributed by atoms with E-state index in [9.17, 15) is 0 Å². The molecule has 0 aliphatic carbocycles. The number of rotatable bonds is 1. The number of hydrogen-bond acceptors (Lipinski definition) is 2. The summed E-state index contributed by atoms with van der Waals surface area (Å²) in [5.74, 6) is 0. The highest BCUT2D eigenvalue weighted by atomic mass is 15.0. The van der Waals surface area contributed by atoms with Crippen LogP contribution in [0.25, 0.3) is 10.8 Å².